The lowest BCUT2D eigenvalue weighted by Gasteiger charge is -1.99. The van der Waals surface area contributed by atoms with E-state index in [-0.39, 0.29) is 5.56 Å². The molecule has 3 heteroatoms. The van der Waals surface area contributed by atoms with Gasteiger partial charge in [-0.3, -0.25) is 14.6 Å². The number of nitrogens with zero attached hydrogens (tertiary/aromatic N) is 1. The van der Waals surface area contributed by atoms with Gasteiger partial charge in [0, 0.05) is 17.8 Å². The maximum absolute atomic E-state index is 11.8. The summed E-state index contributed by atoms with van der Waals surface area (Å²) in [6.45, 7) is 7.05. The summed E-state index contributed by atoms with van der Waals surface area (Å²) >= 11 is 0. The van der Waals surface area contributed by atoms with Crippen molar-refractivity contribution < 1.29 is 0 Å². The minimum Gasteiger partial charge on any atom is -0.299 e. The highest BCUT2D eigenvalue weighted by molar-refractivity contribution is 5.15. The van der Waals surface area contributed by atoms with Crippen LogP contribution in [0.5, 0.6) is 0 Å². The van der Waals surface area contributed by atoms with Crippen molar-refractivity contribution in [2.45, 2.75) is 59.4 Å². The molecule has 3 nitrogen and oxygen atoms in total. The quantitative estimate of drug-likeness (QED) is 0.770. The smallest absolute Gasteiger partial charge is 0.269 e. The van der Waals surface area contributed by atoms with Crippen LogP contribution in [0.25, 0.3) is 0 Å². The molecule has 0 aliphatic heterocycles. The Kier molecular flexibility index (Phi) is 4.66. The molecule has 0 saturated heterocycles. The molecule has 0 spiro atoms. The minimum atomic E-state index is 0.162. The number of H-pyrrole nitrogens is 1. The third kappa shape index (κ3) is 2.98. The third-order valence-corrected chi connectivity index (χ3v) is 2.80. The Bertz CT molecular complexity index is 349. The van der Waals surface area contributed by atoms with Gasteiger partial charge in [0.25, 0.3) is 5.56 Å². The van der Waals surface area contributed by atoms with Gasteiger partial charge in [-0.15, -0.1) is 0 Å². The van der Waals surface area contributed by atoms with Crippen molar-refractivity contribution in [3.63, 3.8) is 0 Å². The van der Waals surface area contributed by atoms with Gasteiger partial charge in [-0.2, -0.15) is 0 Å². The number of hydrogen-bond acceptors (Lipinski definition) is 1. The van der Waals surface area contributed by atoms with E-state index in [2.05, 4.69) is 18.9 Å². The van der Waals surface area contributed by atoms with Crippen LogP contribution in [-0.2, 0) is 13.0 Å². The fraction of sp³-hybridized carbons (Fsp3) is 0.750. The lowest BCUT2D eigenvalue weighted by molar-refractivity contribution is 0.549. The van der Waals surface area contributed by atoms with Crippen molar-refractivity contribution in [2.75, 3.05) is 0 Å². The van der Waals surface area contributed by atoms with Crippen molar-refractivity contribution in [3.05, 3.63) is 21.6 Å². The fourth-order valence-electron chi connectivity index (χ4n) is 1.70. The van der Waals surface area contributed by atoms with Gasteiger partial charge in [-0.1, -0.05) is 26.7 Å². The van der Waals surface area contributed by atoms with Gasteiger partial charge in [-0.25, -0.2) is 0 Å². The maximum Gasteiger partial charge on any atom is 0.269 e. The highest BCUT2D eigenvalue weighted by atomic mass is 16.1. The van der Waals surface area contributed by atoms with Gasteiger partial charge in [0.15, 0.2) is 0 Å². The van der Waals surface area contributed by atoms with E-state index in [1.54, 1.807) is 4.68 Å². The molecule has 0 aliphatic carbocycles. The SMILES string of the molecule is CCCCc1[nH]n(CCCC)c(=O)c1C. The first-order valence-corrected chi connectivity index (χ1v) is 5.99. The number of rotatable bonds is 6. The summed E-state index contributed by atoms with van der Waals surface area (Å²) in [6.07, 6.45) is 5.49. The predicted octanol–water partition coefficient (Wildman–Crippen LogP) is 2.63. The Hall–Kier alpha value is -0.990. The molecule has 0 atom stereocenters. The van der Waals surface area contributed by atoms with Crippen LogP contribution < -0.4 is 5.56 Å². The van der Waals surface area contributed by atoms with E-state index in [1.807, 2.05) is 6.92 Å². The molecule has 0 amide bonds. The second kappa shape index (κ2) is 5.79. The molecule has 0 saturated carbocycles. The van der Waals surface area contributed by atoms with E-state index in [0.717, 1.165) is 43.5 Å². The van der Waals surface area contributed by atoms with Crippen LogP contribution in [-0.4, -0.2) is 9.78 Å². The van der Waals surface area contributed by atoms with E-state index in [4.69, 9.17) is 0 Å². The molecular formula is C12H22N2O. The van der Waals surface area contributed by atoms with Gasteiger partial charge in [0.1, 0.15) is 0 Å². The van der Waals surface area contributed by atoms with Gasteiger partial charge in [-0.05, 0) is 26.2 Å². The first-order chi connectivity index (χ1) is 7.20. The number of aromatic nitrogens is 2. The van der Waals surface area contributed by atoms with Crippen molar-refractivity contribution in [1.82, 2.24) is 9.78 Å². The molecule has 0 aromatic carbocycles. The van der Waals surface area contributed by atoms with Crippen molar-refractivity contribution in [1.29, 1.82) is 0 Å². The molecule has 1 heterocycles. The molecule has 0 aliphatic rings. The normalized spacial score (nSPS) is 10.9. The Balaban J connectivity index is 2.77. The van der Waals surface area contributed by atoms with Crippen LogP contribution in [0, 0.1) is 6.92 Å². The molecule has 1 rings (SSSR count). The number of aromatic amines is 1. The molecule has 0 unspecified atom stereocenters. The summed E-state index contributed by atoms with van der Waals surface area (Å²) < 4.78 is 1.75. The fourth-order valence-corrected chi connectivity index (χ4v) is 1.70. The number of hydrogen-bond donors (Lipinski definition) is 1. The average Bonchev–Trinajstić information content (AvgIpc) is 2.51. The predicted molar refractivity (Wildman–Crippen MR) is 63.3 cm³/mol. The summed E-state index contributed by atoms with van der Waals surface area (Å²) in [5.74, 6) is 0. The van der Waals surface area contributed by atoms with Crippen LogP contribution in [0.1, 0.15) is 50.8 Å². The highest BCUT2D eigenvalue weighted by Gasteiger charge is 2.08. The van der Waals surface area contributed by atoms with Gasteiger partial charge >= 0.3 is 0 Å². The van der Waals surface area contributed by atoms with E-state index in [1.165, 1.54) is 6.42 Å². The lowest BCUT2D eigenvalue weighted by Crippen LogP contribution is -2.17. The van der Waals surface area contributed by atoms with Gasteiger partial charge in [0.05, 0.1) is 0 Å². The highest BCUT2D eigenvalue weighted by Crippen LogP contribution is 2.05. The van der Waals surface area contributed by atoms with E-state index < -0.39 is 0 Å². The standard InChI is InChI=1S/C12H22N2O/c1-4-6-8-11-10(3)12(15)14(13-11)9-7-5-2/h13H,4-9H2,1-3H3. The molecular weight excluding hydrogens is 188 g/mol. The molecule has 1 N–H and O–H groups in total. The summed E-state index contributed by atoms with van der Waals surface area (Å²) in [6, 6.07) is 0. The summed E-state index contributed by atoms with van der Waals surface area (Å²) in [5, 5.41) is 3.22. The van der Waals surface area contributed by atoms with E-state index in [0.29, 0.717) is 0 Å². The van der Waals surface area contributed by atoms with Crippen LogP contribution >= 0.6 is 0 Å². The summed E-state index contributed by atoms with van der Waals surface area (Å²) in [7, 11) is 0. The second-order valence-electron chi connectivity index (χ2n) is 4.13. The topological polar surface area (TPSA) is 37.8 Å². The van der Waals surface area contributed by atoms with Crippen LogP contribution in [0.2, 0.25) is 0 Å². The van der Waals surface area contributed by atoms with Crippen molar-refractivity contribution in [2.24, 2.45) is 0 Å². The van der Waals surface area contributed by atoms with Gasteiger partial charge in [0.2, 0.25) is 0 Å². The van der Waals surface area contributed by atoms with E-state index in [9.17, 15) is 4.79 Å². The Morgan fingerprint density at radius 3 is 2.47 bits per heavy atom. The zero-order chi connectivity index (χ0) is 11.3. The maximum atomic E-state index is 11.8. The molecule has 15 heavy (non-hydrogen) atoms. The molecule has 0 bridgehead atoms. The zero-order valence-corrected chi connectivity index (χ0v) is 10.1. The van der Waals surface area contributed by atoms with Crippen LogP contribution in [0.15, 0.2) is 4.79 Å². The van der Waals surface area contributed by atoms with Crippen molar-refractivity contribution in [3.8, 4) is 0 Å². The number of nitrogens with one attached hydrogen (secondary N) is 1. The average molecular weight is 210 g/mol. The Morgan fingerprint density at radius 2 is 1.87 bits per heavy atom. The number of aryl methyl sites for hydroxylation is 2. The van der Waals surface area contributed by atoms with Crippen LogP contribution in [0.3, 0.4) is 0 Å². The van der Waals surface area contributed by atoms with Crippen molar-refractivity contribution >= 4 is 0 Å². The molecule has 1 aromatic rings. The minimum absolute atomic E-state index is 0.162. The van der Waals surface area contributed by atoms with Gasteiger partial charge < -0.3 is 0 Å². The zero-order valence-electron chi connectivity index (χ0n) is 10.1. The first kappa shape index (κ1) is 12.1. The first-order valence-electron chi connectivity index (χ1n) is 5.99. The second-order valence-corrected chi connectivity index (χ2v) is 4.13. The third-order valence-electron chi connectivity index (χ3n) is 2.80. The van der Waals surface area contributed by atoms with Crippen LogP contribution in [0.4, 0.5) is 0 Å². The monoisotopic (exact) mass is 210 g/mol. The summed E-state index contributed by atoms with van der Waals surface area (Å²) in [5.41, 5.74) is 2.19. The van der Waals surface area contributed by atoms with E-state index >= 15 is 0 Å². The molecule has 0 fully saturated rings. The molecule has 86 valence electrons. The summed E-state index contributed by atoms with van der Waals surface area (Å²) in [4.78, 5) is 11.8. The largest absolute Gasteiger partial charge is 0.299 e. The molecule has 1 aromatic heterocycles. The Morgan fingerprint density at radius 1 is 1.20 bits per heavy atom. The molecule has 0 radical (unpaired) electrons. The Labute approximate surface area is 91.5 Å². The lowest BCUT2D eigenvalue weighted by atomic mass is 10.1. The number of unbranched alkanes of at least 4 members (excludes halogenated alkanes) is 2.